The molecule has 3 nitrogen and oxygen atoms in total. The third-order valence-electron chi connectivity index (χ3n) is 3.34. The molecule has 0 atom stereocenters. The van der Waals surface area contributed by atoms with E-state index < -0.39 is 0 Å². The van der Waals surface area contributed by atoms with Gasteiger partial charge in [0.2, 0.25) is 0 Å². The van der Waals surface area contributed by atoms with Crippen molar-refractivity contribution in [3.8, 4) is 0 Å². The van der Waals surface area contributed by atoms with Crippen molar-refractivity contribution in [2.24, 2.45) is 0 Å². The van der Waals surface area contributed by atoms with Crippen molar-refractivity contribution >= 4 is 21.8 Å². The first-order valence-corrected chi connectivity index (χ1v) is 6.82. The number of benzene rings is 1. The molecule has 0 unspecified atom stereocenters. The maximum absolute atomic E-state index is 13.1. The van der Waals surface area contributed by atoms with Crippen LogP contribution in [0.5, 0.6) is 0 Å². The van der Waals surface area contributed by atoms with Crippen LogP contribution in [-0.2, 0) is 0 Å². The Bertz CT molecular complexity index is 447. The van der Waals surface area contributed by atoms with E-state index in [2.05, 4.69) is 21.2 Å². The molecule has 18 heavy (non-hydrogen) atoms. The lowest BCUT2D eigenvalue weighted by molar-refractivity contribution is 0.0703. The monoisotopic (exact) mass is 314 g/mol. The van der Waals surface area contributed by atoms with Gasteiger partial charge in [0.25, 0.3) is 5.91 Å². The summed E-state index contributed by atoms with van der Waals surface area (Å²) in [6.45, 7) is 1.88. The highest BCUT2D eigenvalue weighted by Crippen LogP contribution is 2.19. The number of carbonyl (C=O) groups excluding carboxylic acids is 1. The summed E-state index contributed by atoms with van der Waals surface area (Å²) >= 11 is 3.10. The van der Waals surface area contributed by atoms with Crippen molar-refractivity contribution in [3.63, 3.8) is 0 Å². The van der Waals surface area contributed by atoms with E-state index >= 15 is 0 Å². The third kappa shape index (κ3) is 2.90. The lowest BCUT2D eigenvalue weighted by atomic mass is 10.0. The number of nitrogens with one attached hydrogen (secondary N) is 1. The fourth-order valence-corrected chi connectivity index (χ4v) is 2.57. The first kappa shape index (κ1) is 13.5. The Hall–Kier alpha value is -0.940. The minimum Gasteiger partial charge on any atom is -0.339 e. The van der Waals surface area contributed by atoms with Crippen LogP contribution in [0.15, 0.2) is 22.7 Å². The summed E-state index contributed by atoms with van der Waals surface area (Å²) in [4.78, 5) is 14.0. The van der Waals surface area contributed by atoms with Crippen LogP contribution < -0.4 is 5.32 Å². The number of rotatable bonds is 2. The van der Waals surface area contributed by atoms with Crippen LogP contribution in [0, 0.1) is 5.82 Å². The first-order valence-electron chi connectivity index (χ1n) is 6.02. The predicted octanol–water partition coefficient (Wildman–Crippen LogP) is 2.41. The molecule has 2 rings (SSSR count). The summed E-state index contributed by atoms with van der Waals surface area (Å²) < 4.78 is 13.5. The predicted molar refractivity (Wildman–Crippen MR) is 72.1 cm³/mol. The Morgan fingerprint density at radius 1 is 1.44 bits per heavy atom. The molecule has 1 N–H and O–H groups in total. The molecule has 98 valence electrons. The second-order valence-corrected chi connectivity index (χ2v) is 5.38. The quantitative estimate of drug-likeness (QED) is 0.909. The van der Waals surface area contributed by atoms with Crippen molar-refractivity contribution in [1.29, 1.82) is 0 Å². The van der Waals surface area contributed by atoms with Gasteiger partial charge in [-0.1, -0.05) is 0 Å². The minimum absolute atomic E-state index is 0.0531. The van der Waals surface area contributed by atoms with Crippen LogP contribution in [-0.4, -0.2) is 37.0 Å². The zero-order chi connectivity index (χ0) is 13.1. The van der Waals surface area contributed by atoms with Gasteiger partial charge in [0.1, 0.15) is 5.82 Å². The molecule has 0 aromatic heterocycles. The van der Waals surface area contributed by atoms with E-state index in [1.165, 1.54) is 18.2 Å². The fourth-order valence-electron chi connectivity index (χ4n) is 2.19. The van der Waals surface area contributed by atoms with Gasteiger partial charge in [-0.3, -0.25) is 4.79 Å². The summed E-state index contributed by atoms with van der Waals surface area (Å²) in [5.41, 5.74) is 0.518. The van der Waals surface area contributed by atoms with Crippen LogP contribution in [0.25, 0.3) is 0 Å². The molecule has 1 heterocycles. The Morgan fingerprint density at radius 3 is 2.72 bits per heavy atom. The van der Waals surface area contributed by atoms with Crippen molar-refractivity contribution in [2.75, 3.05) is 20.1 Å². The molecule has 1 saturated heterocycles. The molecule has 5 heteroatoms. The highest BCUT2D eigenvalue weighted by Gasteiger charge is 2.23. The first-order chi connectivity index (χ1) is 8.59. The Labute approximate surface area is 114 Å². The van der Waals surface area contributed by atoms with Gasteiger partial charge in [0, 0.05) is 18.7 Å². The maximum atomic E-state index is 13.1. The average Bonchev–Trinajstić information content (AvgIpc) is 2.41. The van der Waals surface area contributed by atoms with E-state index in [0.717, 1.165) is 25.9 Å². The Morgan fingerprint density at radius 2 is 2.11 bits per heavy atom. The summed E-state index contributed by atoms with van der Waals surface area (Å²) in [6, 6.07) is 4.64. The molecule has 0 spiro atoms. The second-order valence-electron chi connectivity index (χ2n) is 4.53. The number of piperidine rings is 1. The van der Waals surface area contributed by atoms with E-state index in [0.29, 0.717) is 10.0 Å². The van der Waals surface area contributed by atoms with E-state index in [1.807, 2.05) is 7.05 Å². The molecule has 1 aromatic rings. The summed E-state index contributed by atoms with van der Waals surface area (Å²) in [5, 5.41) is 3.27. The van der Waals surface area contributed by atoms with Crippen LogP contribution in [0.2, 0.25) is 0 Å². The molecular weight excluding hydrogens is 299 g/mol. The Kier molecular flexibility index (Phi) is 4.35. The van der Waals surface area contributed by atoms with E-state index in [-0.39, 0.29) is 17.8 Å². The molecule has 0 aliphatic carbocycles. The van der Waals surface area contributed by atoms with Gasteiger partial charge in [0.05, 0.1) is 4.47 Å². The summed E-state index contributed by atoms with van der Waals surface area (Å²) in [7, 11) is 1.82. The SMILES string of the molecule is CN(C(=O)c1ccc(F)c(Br)c1)C1CCNCC1. The van der Waals surface area contributed by atoms with Gasteiger partial charge in [0.15, 0.2) is 0 Å². The summed E-state index contributed by atoms with van der Waals surface area (Å²) in [6.07, 6.45) is 1.93. The van der Waals surface area contributed by atoms with E-state index in [4.69, 9.17) is 0 Å². The van der Waals surface area contributed by atoms with Gasteiger partial charge in [-0.25, -0.2) is 4.39 Å². The number of halogens is 2. The molecule has 0 saturated carbocycles. The standard InChI is InChI=1S/C13H16BrFN2O/c1-17(10-4-6-16-7-5-10)13(18)9-2-3-12(15)11(14)8-9/h2-3,8,10,16H,4-7H2,1H3. The van der Waals surface area contributed by atoms with Crippen molar-refractivity contribution in [1.82, 2.24) is 10.2 Å². The van der Waals surface area contributed by atoms with Crippen LogP contribution in [0.1, 0.15) is 23.2 Å². The van der Waals surface area contributed by atoms with Crippen molar-refractivity contribution in [3.05, 3.63) is 34.1 Å². The van der Waals surface area contributed by atoms with Gasteiger partial charge >= 0.3 is 0 Å². The fraction of sp³-hybridized carbons (Fsp3) is 0.462. The highest BCUT2D eigenvalue weighted by molar-refractivity contribution is 9.10. The molecule has 1 aliphatic heterocycles. The van der Waals surface area contributed by atoms with Crippen LogP contribution in [0.4, 0.5) is 4.39 Å². The number of hydrogen-bond donors (Lipinski definition) is 1. The number of amides is 1. The molecule has 1 fully saturated rings. The lowest BCUT2D eigenvalue weighted by Gasteiger charge is -2.31. The Balaban J connectivity index is 2.11. The molecule has 1 aromatic carbocycles. The van der Waals surface area contributed by atoms with Crippen LogP contribution >= 0.6 is 15.9 Å². The van der Waals surface area contributed by atoms with Gasteiger partial charge in [-0.15, -0.1) is 0 Å². The third-order valence-corrected chi connectivity index (χ3v) is 3.95. The largest absolute Gasteiger partial charge is 0.339 e. The van der Waals surface area contributed by atoms with Gasteiger partial charge < -0.3 is 10.2 Å². The average molecular weight is 315 g/mol. The summed E-state index contributed by atoms with van der Waals surface area (Å²) in [5.74, 6) is -0.404. The van der Waals surface area contributed by atoms with Crippen molar-refractivity contribution in [2.45, 2.75) is 18.9 Å². The molecule has 1 amide bonds. The maximum Gasteiger partial charge on any atom is 0.253 e. The minimum atomic E-state index is -0.351. The number of nitrogens with zero attached hydrogens (tertiary/aromatic N) is 1. The molecular formula is C13H16BrFN2O. The molecule has 0 bridgehead atoms. The topological polar surface area (TPSA) is 32.3 Å². The highest BCUT2D eigenvalue weighted by atomic mass is 79.9. The van der Waals surface area contributed by atoms with E-state index in [1.54, 1.807) is 4.90 Å². The zero-order valence-corrected chi connectivity index (χ0v) is 11.8. The van der Waals surface area contributed by atoms with Gasteiger partial charge in [-0.2, -0.15) is 0 Å². The van der Waals surface area contributed by atoms with Crippen molar-refractivity contribution < 1.29 is 9.18 Å². The van der Waals surface area contributed by atoms with Gasteiger partial charge in [-0.05, 0) is 60.1 Å². The smallest absolute Gasteiger partial charge is 0.253 e. The normalized spacial score (nSPS) is 16.6. The zero-order valence-electron chi connectivity index (χ0n) is 10.2. The van der Waals surface area contributed by atoms with E-state index in [9.17, 15) is 9.18 Å². The molecule has 1 aliphatic rings. The number of carbonyl (C=O) groups is 1. The van der Waals surface area contributed by atoms with Crippen LogP contribution in [0.3, 0.4) is 0 Å². The molecule has 0 radical (unpaired) electrons. The second kappa shape index (κ2) is 5.80. The lowest BCUT2D eigenvalue weighted by Crippen LogP contribution is -2.43. The number of hydrogen-bond acceptors (Lipinski definition) is 2.